The molecule has 0 spiro atoms. The lowest BCUT2D eigenvalue weighted by Crippen LogP contribution is -2.33. The maximum atomic E-state index is 11.9. The van der Waals surface area contributed by atoms with Crippen molar-refractivity contribution in [2.24, 2.45) is 0 Å². The van der Waals surface area contributed by atoms with E-state index < -0.39 is 60.2 Å². The summed E-state index contributed by atoms with van der Waals surface area (Å²) >= 11 is 0. The number of aromatic nitrogens is 4. The topological polar surface area (TPSA) is 299 Å². The fraction of sp³-hybridized carbons (Fsp3) is 0.500. The number of rotatable bonds is 8. The Morgan fingerprint density at radius 2 is 1.78 bits per heavy atom. The van der Waals surface area contributed by atoms with Gasteiger partial charge >= 0.3 is 23.5 Å². The van der Waals surface area contributed by atoms with Gasteiger partial charge in [0.25, 0.3) is 5.56 Å². The Balaban J connectivity index is 1.72. The van der Waals surface area contributed by atoms with Crippen molar-refractivity contribution in [3.05, 3.63) is 16.7 Å². The minimum absolute atomic E-state index is 0.115. The van der Waals surface area contributed by atoms with E-state index >= 15 is 0 Å². The summed E-state index contributed by atoms with van der Waals surface area (Å²) in [6.07, 6.45) is -5.33. The van der Waals surface area contributed by atoms with Crippen LogP contribution in [0.15, 0.2) is 11.1 Å². The van der Waals surface area contributed by atoms with Gasteiger partial charge in [0.15, 0.2) is 17.4 Å². The van der Waals surface area contributed by atoms with Crippen molar-refractivity contribution in [1.29, 1.82) is 0 Å². The highest BCUT2D eigenvalue weighted by molar-refractivity contribution is 7.66. The second-order valence-corrected chi connectivity index (χ2v) is 10.6. The van der Waals surface area contributed by atoms with Crippen molar-refractivity contribution in [2.45, 2.75) is 24.5 Å². The van der Waals surface area contributed by atoms with Crippen LogP contribution >= 0.6 is 23.5 Å². The van der Waals surface area contributed by atoms with Crippen LogP contribution in [0.2, 0.25) is 0 Å². The molecule has 3 unspecified atom stereocenters. The van der Waals surface area contributed by atoms with Gasteiger partial charge in [-0.3, -0.25) is 18.9 Å². The van der Waals surface area contributed by atoms with Gasteiger partial charge in [0, 0.05) is 0 Å². The van der Waals surface area contributed by atoms with E-state index in [1.54, 1.807) is 0 Å². The van der Waals surface area contributed by atoms with Gasteiger partial charge in [-0.1, -0.05) is 0 Å². The number of nitrogen functional groups attached to an aromatic ring is 1. The third kappa shape index (κ3) is 5.67. The van der Waals surface area contributed by atoms with Crippen molar-refractivity contribution in [1.82, 2.24) is 19.5 Å². The molecule has 180 valence electrons. The first-order valence-corrected chi connectivity index (χ1v) is 12.6. The number of fused-ring (bicyclic) bond motifs is 1. The predicted octanol–water partition coefficient (Wildman–Crippen LogP) is -2.34. The van der Waals surface area contributed by atoms with Crippen LogP contribution in [0, 0.1) is 0 Å². The van der Waals surface area contributed by atoms with E-state index in [2.05, 4.69) is 28.1 Å². The Bertz CT molecular complexity index is 1210. The molecule has 1 fully saturated rings. The van der Waals surface area contributed by atoms with E-state index in [-0.39, 0.29) is 17.1 Å². The zero-order chi connectivity index (χ0) is 24.1. The molecule has 22 heteroatoms. The number of nitrogens with one attached hydrogen (secondary N) is 1. The molecular weight excluding hydrogens is 512 g/mol. The largest absolute Gasteiger partial charge is 0.490 e. The number of aliphatic hydroxyl groups is 2. The lowest BCUT2D eigenvalue weighted by atomic mass is 10.1. The maximum absolute atomic E-state index is 11.9. The van der Waals surface area contributed by atoms with Gasteiger partial charge < -0.3 is 40.3 Å². The molecule has 1 aliphatic rings. The third-order valence-corrected chi connectivity index (χ3v) is 7.68. The molecule has 0 saturated carbocycles. The van der Waals surface area contributed by atoms with Gasteiger partial charge in [0.1, 0.15) is 18.3 Å². The number of imidazole rings is 1. The molecule has 0 aromatic carbocycles. The molecule has 1 aliphatic heterocycles. The van der Waals surface area contributed by atoms with Crippen molar-refractivity contribution >= 4 is 40.6 Å². The van der Waals surface area contributed by atoms with Gasteiger partial charge in [-0.2, -0.15) is 13.6 Å². The number of hydrogen-bond acceptors (Lipinski definition) is 13. The SMILES string of the molecule is [15NH2]c1[15n]c2c([15n]c[15n]2[C@@H]2O[C@H](COP(=O)(O)OP(=O)(O)OP(=O)(O)O)[C@H](O)C2O)c(=O)[15nH]1. The molecule has 9 N–H and O–H groups in total. The molecule has 6 atom stereocenters. The molecule has 0 radical (unpaired) electrons. The van der Waals surface area contributed by atoms with Crippen molar-refractivity contribution in [3.8, 4) is 0 Å². The van der Waals surface area contributed by atoms with Crippen LogP contribution in [-0.4, -0.2) is 74.2 Å². The summed E-state index contributed by atoms with van der Waals surface area (Å²) in [5.74, 6) is -0.276. The molecule has 0 bridgehead atoms. The molecule has 3 heterocycles. The number of hydrogen-bond donors (Lipinski definition) is 8. The van der Waals surface area contributed by atoms with Gasteiger partial charge in [-0.15, -0.1) is 0 Å². The zero-order valence-corrected chi connectivity index (χ0v) is 18.0. The van der Waals surface area contributed by atoms with Crippen LogP contribution in [0.1, 0.15) is 6.23 Å². The van der Waals surface area contributed by atoms with Gasteiger partial charge in [0.05, 0.1) is 12.9 Å². The Morgan fingerprint density at radius 3 is 2.41 bits per heavy atom. The number of aliphatic hydroxyl groups excluding tert-OH is 2. The van der Waals surface area contributed by atoms with E-state index in [0.29, 0.717) is 0 Å². The number of phosphoric ester groups is 1. The van der Waals surface area contributed by atoms with E-state index in [4.69, 9.17) is 25.2 Å². The normalized spacial score (nSPS) is 27.9. The van der Waals surface area contributed by atoms with E-state index in [0.717, 1.165) is 10.9 Å². The van der Waals surface area contributed by atoms with Crippen LogP contribution < -0.4 is 11.3 Å². The summed E-state index contributed by atoms with van der Waals surface area (Å²) in [4.78, 5) is 57.3. The lowest BCUT2D eigenvalue weighted by molar-refractivity contribution is -0.0503. The van der Waals surface area contributed by atoms with Crippen LogP contribution in [0.5, 0.6) is 0 Å². The Morgan fingerprint density at radius 1 is 1.12 bits per heavy atom. The number of phosphoric acid groups is 3. The molecule has 2 aromatic rings. The second kappa shape index (κ2) is 8.66. The number of nitrogens with zero attached hydrogens (tertiary/aromatic N) is 3. The van der Waals surface area contributed by atoms with Crippen LogP contribution in [-0.2, 0) is 31.6 Å². The minimum atomic E-state index is -5.73. The number of anilines is 1. The fourth-order valence-corrected chi connectivity index (χ4v) is 5.73. The highest BCUT2D eigenvalue weighted by Gasteiger charge is 2.47. The van der Waals surface area contributed by atoms with Crippen LogP contribution in [0.4, 0.5) is 5.95 Å². The molecule has 2 aromatic heterocycles. The average molecular weight is 528 g/mol. The van der Waals surface area contributed by atoms with E-state index in [1.165, 1.54) is 0 Å². The summed E-state index contributed by atoms with van der Waals surface area (Å²) in [6.45, 7) is -1.01. The summed E-state index contributed by atoms with van der Waals surface area (Å²) < 4.78 is 51.6. The summed E-state index contributed by atoms with van der Waals surface area (Å²) in [7, 11) is -16.8. The maximum Gasteiger partial charge on any atom is 0.490 e. The highest BCUT2D eigenvalue weighted by atomic mass is 31.3. The number of aromatic amines is 1. The van der Waals surface area contributed by atoms with Crippen LogP contribution in [0.3, 0.4) is 0 Å². The summed E-state index contributed by atoms with van der Waals surface area (Å²) in [5, 5.41) is 20.4. The van der Waals surface area contributed by atoms with E-state index in [1.807, 2.05) is 0 Å². The molecular formula is C10H16N5O14P3. The zero-order valence-electron chi connectivity index (χ0n) is 15.3. The minimum Gasteiger partial charge on any atom is -0.387 e. The number of nitrogens with two attached hydrogens (primary N) is 1. The van der Waals surface area contributed by atoms with Crippen molar-refractivity contribution in [2.75, 3.05) is 12.3 Å². The van der Waals surface area contributed by atoms with Crippen LogP contribution in [0.25, 0.3) is 11.2 Å². The predicted molar refractivity (Wildman–Crippen MR) is 98.3 cm³/mol. The highest BCUT2D eigenvalue weighted by Crippen LogP contribution is 2.66. The lowest BCUT2D eigenvalue weighted by Gasteiger charge is -2.19. The van der Waals surface area contributed by atoms with Gasteiger partial charge in [-0.25, -0.2) is 18.7 Å². The Hall–Kier alpha value is -1.56. The molecule has 19 nitrogen and oxygen atoms in total. The number of H-pyrrole nitrogens is 1. The molecule has 1 saturated heterocycles. The quantitative estimate of drug-likeness (QED) is 0.131. The standard InChI is InChI=1S/C10H16N5O14P3/c11-10-13-7-4(8(18)14-10)12-2-15(7)9-6(17)5(16)3(27-9)1-26-31(22,23)29-32(24,25)28-30(19,20)21/h2-3,5-6,9,16-17H,1H2,(H,22,23)(H,24,25)(H2,19,20,21)(H3,11,13,14,18)/t3-,5+,6?,9-/m1/s1/i11+1,12+1,13+1,14+1,15+1. The molecule has 32 heavy (non-hydrogen) atoms. The van der Waals surface area contributed by atoms with E-state index in [9.17, 15) is 33.6 Å². The summed E-state index contributed by atoms with van der Waals surface area (Å²) in [6, 6.07) is 0. The van der Waals surface area contributed by atoms with Gasteiger partial charge in [-0.05, 0) is 0 Å². The average Bonchev–Trinajstić information content (AvgIpc) is 3.12. The Labute approximate surface area is 175 Å². The van der Waals surface area contributed by atoms with Gasteiger partial charge in [0.2, 0.25) is 5.95 Å². The summed E-state index contributed by atoms with van der Waals surface area (Å²) in [5.41, 5.74) is 4.50. The number of ether oxygens (including phenoxy) is 1. The fourth-order valence-electron chi connectivity index (χ4n) is 2.70. The second-order valence-electron chi connectivity index (χ2n) is 6.21. The first-order chi connectivity index (χ1) is 14.6. The third-order valence-electron chi connectivity index (χ3n) is 3.88. The molecule has 0 aliphatic carbocycles. The molecule has 3 rings (SSSR count). The molecule has 0 amide bonds. The monoisotopic (exact) mass is 528 g/mol. The van der Waals surface area contributed by atoms with Crippen molar-refractivity contribution < 1.29 is 61.4 Å². The smallest absolute Gasteiger partial charge is 0.387 e. The first kappa shape index (κ1) is 25.1. The van der Waals surface area contributed by atoms with Crippen molar-refractivity contribution in [3.63, 3.8) is 0 Å². The Kier molecular flexibility index (Phi) is 6.78. The first-order valence-electron chi connectivity index (χ1n) is 8.11.